The lowest BCUT2D eigenvalue weighted by Crippen LogP contribution is -2.44. The number of hydrogen-bond donors (Lipinski definition) is 3. The predicted molar refractivity (Wildman–Crippen MR) is 142 cm³/mol. The highest BCUT2D eigenvalue weighted by atomic mass is 16.6. The van der Waals surface area contributed by atoms with Crippen molar-refractivity contribution in [1.82, 2.24) is 14.9 Å². The number of ether oxygens (including phenoxy) is 2. The van der Waals surface area contributed by atoms with Gasteiger partial charge in [0.05, 0.1) is 44.6 Å². The van der Waals surface area contributed by atoms with Gasteiger partial charge in [-0.1, -0.05) is 6.07 Å². The van der Waals surface area contributed by atoms with Gasteiger partial charge in [-0.3, -0.25) is 4.90 Å². The number of aromatic nitrogens is 2. The zero-order valence-electron chi connectivity index (χ0n) is 21.3. The summed E-state index contributed by atoms with van der Waals surface area (Å²) >= 11 is 0. The number of carbonyl (C=O) groups is 2. The fourth-order valence-corrected chi connectivity index (χ4v) is 4.57. The third-order valence-corrected chi connectivity index (χ3v) is 6.43. The van der Waals surface area contributed by atoms with Gasteiger partial charge in [0.2, 0.25) is 0 Å². The molecular weight excluding hydrogens is 488 g/mol. The first-order chi connectivity index (χ1) is 18.4. The minimum absolute atomic E-state index is 0.0673. The first-order valence-electron chi connectivity index (χ1n) is 12.5. The molecule has 1 saturated heterocycles. The fraction of sp³-hybridized carbons (Fsp3) is 0.333. The molecular formula is C27H30N6O5. The lowest BCUT2D eigenvalue weighted by Gasteiger charge is -2.35. The summed E-state index contributed by atoms with van der Waals surface area (Å²) in [4.78, 5) is 38.4. The molecule has 0 unspecified atom stereocenters. The average molecular weight is 519 g/mol. The summed E-state index contributed by atoms with van der Waals surface area (Å²) in [6.07, 6.45) is -0.368. The zero-order valence-corrected chi connectivity index (χ0v) is 21.3. The van der Waals surface area contributed by atoms with Crippen LogP contribution in [0.15, 0.2) is 48.5 Å². The Morgan fingerprint density at radius 3 is 2.63 bits per heavy atom. The summed E-state index contributed by atoms with van der Waals surface area (Å²) in [6, 6.07) is 13.3. The molecule has 3 amide bonds. The van der Waals surface area contributed by atoms with Gasteiger partial charge in [-0.15, -0.1) is 0 Å². The second-order valence-electron chi connectivity index (χ2n) is 9.18. The number of fused-ring (bicyclic) bond motifs is 1. The number of morpholine rings is 1. The van der Waals surface area contributed by atoms with E-state index in [1.165, 1.54) is 12.1 Å². The summed E-state index contributed by atoms with van der Waals surface area (Å²) in [5, 5.41) is 15.0. The second-order valence-corrected chi connectivity index (χ2v) is 9.18. The van der Waals surface area contributed by atoms with Crippen LogP contribution in [0.2, 0.25) is 0 Å². The van der Waals surface area contributed by atoms with E-state index in [0.29, 0.717) is 56.7 Å². The molecule has 3 heterocycles. The summed E-state index contributed by atoms with van der Waals surface area (Å²) in [6.45, 7) is 6.83. The number of phenols is 1. The van der Waals surface area contributed by atoms with Crippen molar-refractivity contribution in [2.24, 2.45) is 0 Å². The van der Waals surface area contributed by atoms with Gasteiger partial charge in [0.1, 0.15) is 11.6 Å². The van der Waals surface area contributed by atoms with E-state index in [4.69, 9.17) is 19.4 Å². The molecule has 0 radical (unpaired) electrons. The second kappa shape index (κ2) is 10.9. The first-order valence-corrected chi connectivity index (χ1v) is 12.5. The third-order valence-electron chi connectivity index (χ3n) is 6.43. The molecule has 1 aromatic heterocycles. The fourth-order valence-electron chi connectivity index (χ4n) is 4.57. The van der Waals surface area contributed by atoms with Crippen LogP contribution in [0.5, 0.6) is 5.75 Å². The van der Waals surface area contributed by atoms with Gasteiger partial charge in [-0.05, 0) is 50.2 Å². The molecule has 1 atom stereocenters. The van der Waals surface area contributed by atoms with Crippen LogP contribution in [-0.4, -0.2) is 64.5 Å². The smallest absolute Gasteiger partial charge is 0.410 e. The monoisotopic (exact) mass is 518 g/mol. The Balaban J connectivity index is 1.38. The number of hydrogen-bond acceptors (Lipinski definition) is 8. The highest BCUT2D eigenvalue weighted by molar-refractivity contribution is 5.99. The Morgan fingerprint density at radius 2 is 1.89 bits per heavy atom. The van der Waals surface area contributed by atoms with E-state index in [9.17, 15) is 14.7 Å². The lowest BCUT2D eigenvalue weighted by molar-refractivity contribution is 0.0980. The molecule has 11 nitrogen and oxygen atoms in total. The number of nitrogens with one attached hydrogen (secondary N) is 2. The number of phenolic OH excluding ortho intramolecular Hbond substituents is 1. The van der Waals surface area contributed by atoms with Crippen LogP contribution in [0.3, 0.4) is 0 Å². The van der Waals surface area contributed by atoms with Crippen molar-refractivity contribution in [3.8, 4) is 17.1 Å². The van der Waals surface area contributed by atoms with E-state index in [0.717, 1.165) is 22.6 Å². The van der Waals surface area contributed by atoms with Gasteiger partial charge < -0.3 is 30.1 Å². The Morgan fingerprint density at radius 1 is 1.11 bits per heavy atom. The first kappa shape index (κ1) is 25.3. The van der Waals surface area contributed by atoms with Crippen LogP contribution in [-0.2, 0) is 22.6 Å². The summed E-state index contributed by atoms with van der Waals surface area (Å²) in [5.41, 5.74) is 3.57. The summed E-state index contributed by atoms with van der Waals surface area (Å²) in [7, 11) is 0. The SMILES string of the molecule is CCOC(=O)N1Cc2nc(-c3ccc(NC(=O)Nc4cccc(O)c4)cc3)nc(N3CCOC[C@@H]3C)c2C1. The molecule has 11 heteroatoms. The molecule has 198 valence electrons. The molecule has 0 bridgehead atoms. The molecule has 3 N–H and O–H groups in total. The van der Waals surface area contributed by atoms with Crippen LogP contribution >= 0.6 is 0 Å². The van der Waals surface area contributed by atoms with E-state index in [2.05, 4.69) is 22.5 Å². The van der Waals surface area contributed by atoms with Crippen molar-refractivity contribution in [3.63, 3.8) is 0 Å². The predicted octanol–water partition coefficient (Wildman–Crippen LogP) is 4.19. The van der Waals surface area contributed by atoms with Gasteiger partial charge in [0, 0.05) is 35.1 Å². The Hall–Kier alpha value is -4.38. The Kier molecular flexibility index (Phi) is 7.27. The highest BCUT2D eigenvalue weighted by Crippen LogP contribution is 2.34. The molecule has 5 rings (SSSR count). The van der Waals surface area contributed by atoms with Gasteiger partial charge in [-0.25, -0.2) is 19.6 Å². The number of nitrogens with zero attached hydrogens (tertiary/aromatic N) is 4. The maximum absolute atomic E-state index is 12.4. The van der Waals surface area contributed by atoms with Crippen molar-refractivity contribution in [2.75, 3.05) is 41.9 Å². The van der Waals surface area contributed by atoms with Gasteiger partial charge in [0.15, 0.2) is 5.82 Å². The molecule has 2 aliphatic heterocycles. The zero-order chi connectivity index (χ0) is 26.6. The van der Waals surface area contributed by atoms with E-state index in [1.807, 2.05) is 12.1 Å². The van der Waals surface area contributed by atoms with E-state index in [1.54, 1.807) is 36.1 Å². The number of amides is 3. The van der Waals surface area contributed by atoms with Crippen LogP contribution in [0.1, 0.15) is 25.1 Å². The molecule has 1 fully saturated rings. The van der Waals surface area contributed by atoms with Gasteiger partial charge in [-0.2, -0.15) is 0 Å². The minimum atomic E-state index is -0.431. The molecule has 2 aliphatic rings. The number of anilines is 3. The van der Waals surface area contributed by atoms with Crippen LogP contribution in [0, 0.1) is 0 Å². The van der Waals surface area contributed by atoms with Crippen molar-refractivity contribution in [3.05, 3.63) is 59.8 Å². The molecule has 2 aromatic carbocycles. The highest BCUT2D eigenvalue weighted by Gasteiger charge is 2.33. The number of rotatable bonds is 5. The Bertz CT molecular complexity index is 1330. The van der Waals surface area contributed by atoms with Crippen LogP contribution in [0.25, 0.3) is 11.4 Å². The van der Waals surface area contributed by atoms with Crippen molar-refractivity contribution >= 4 is 29.3 Å². The number of urea groups is 1. The number of benzene rings is 2. The van der Waals surface area contributed by atoms with Crippen molar-refractivity contribution in [1.29, 1.82) is 0 Å². The maximum Gasteiger partial charge on any atom is 0.410 e. The van der Waals surface area contributed by atoms with Crippen LogP contribution < -0.4 is 15.5 Å². The van der Waals surface area contributed by atoms with E-state index in [-0.39, 0.29) is 17.9 Å². The lowest BCUT2D eigenvalue weighted by atomic mass is 10.1. The minimum Gasteiger partial charge on any atom is -0.508 e. The van der Waals surface area contributed by atoms with E-state index < -0.39 is 6.03 Å². The largest absolute Gasteiger partial charge is 0.508 e. The molecule has 0 aliphatic carbocycles. The third kappa shape index (κ3) is 5.47. The molecule has 0 saturated carbocycles. The standard InChI is InChI=1S/C27H30N6O5/c1-3-38-27(36)32-14-22-23(15-32)30-24(31-25(22)33-11-12-37-16-17(33)2)18-7-9-19(10-8-18)28-26(35)29-20-5-4-6-21(34)13-20/h4-10,13,17,34H,3,11-12,14-16H2,1-2H3,(H2,28,29,35)/t17-/m0/s1. The molecule has 0 spiro atoms. The topological polar surface area (TPSA) is 129 Å². The summed E-state index contributed by atoms with van der Waals surface area (Å²) in [5.74, 6) is 1.41. The number of aromatic hydroxyl groups is 1. The van der Waals surface area contributed by atoms with Gasteiger partial charge >= 0.3 is 12.1 Å². The van der Waals surface area contributed by atoms with Crippen molar-refractivity contribution in [2.45, 2.75) is 33.0 Å². The Labute approximate surface area is 220 Å². The molecule has 3 aromatic rings. The average Bonchev–Trinajstić information content (AvgIpc) is 3.34. The van der Waals surface area contributed by atoms with Crippen LogP contribution in [0.4, 0.5) is 26.8 Å². The summed E-state index contributed by atoms with van der Waals surface area (Å²) < 4.78 is 10.8. The quantitative estimate of drug-likeness (QED) is 0.459. The van der Waals surface area contributed by atoms with Crippen molar-refractivity contribution < 1.29 is 24.2 Å². The number of carbonyl (C=O) groups excluding carboxylic acids is 2. The maximum atomic E-state index is 12.4. The normalized spacial score (nSPS) is 16.6. The molecule has 38 heavy (non-hydrogen) atoms. The van der Waals surface area contributed by atoms with E-state index >= 15 is 0 Å². The van der Waals surface area contributed by atoms with Gasteiger partial charge in [0.25, 0.3) is 0 Å².